The molecule has 100 valence electrons. The van der Waals surface area contributed by atoms with E-state index < -0.39 is 0 Å². The molecule has 2 N–H and O–H groups in total. The van der Waals surface area contributed by atoms with Gasteiger partial charge in [0.25, 0.3) is 5.56 Å². The van der Waals surface area contributed by atoms with Crippen molar-refractivity contribution in [3.8, 4) is 0 Å². The first kappa shape index (κ1) is 12.6. The molecule has 0 radical (unpaired) electrons. The molecule has 0 aliphatic rings. The quantitative estimate of drug-likeness (QED) is 0.776. The molecule has 6 heteroatoms. The van der Waals surface area contributed by atoms with Crippen molar-refractivity contribution >= 4 is 28.2 Å². The number of aromatic nitrogens is 3. The van der Waals surface area contributed by atoms with Gasteiger partial charge in [-0.25, -0.2) is 4.98 Å². The minimum absolute atomic E-state index is 0.172. The van der Waals surface area contributed by atoms with Gasteiger partial charge >= 0.3 is 0 Å². The number of pyridine rings is 1. The maximum Gasteiger partial charge on any atom is 0.258 e. The van der Waals surface area contributed by atoms with E-state index in [2.05, 4.69) is 20.3 Å². The van der Waals surface area contributed by atoms with Crippen LogP contribution in [0.25, 0.3) is 10.9 Å². The third-order valence-corrected chi connectivity index (χ3v) is 3.07. The topological polar surface area (TPSA) is 70.7 Å². The molecule has 3 rings (SSSR count). The largest absolute Gasteiger partial charge is 0.377 e. The van der Waals surface area contributed by atoms with Crippen LogP contribution in [0, 0.1) is 0 Å². The molecule has 2 aromatic heterocycles. The monoisotopic (exact) mass is 286 g/mol. The summed E-state index contributed by atoms with van der Waals surface area (Å²) < 4.78 is 0. The summed E-state index contributed by atoms with van der Waals surface area (Å²) in [7, 11) is 0. The zero-order valence-electron chi connectivity index (χ0n) is 10.4. The van der Waals surface area contributed by atoms with E-state index in [0.717, 1.165) is 5.69 Å². The Kier molecular flexibility index (Phi) is 3.35. The molecule has 0 aliphatic carbocycles. The molecule has 0 bridgehead atoms. The lowest BCUT2D eigenvalue weighted by Gasteiger charge is -2.06. The van der Waals surface area contributed by atoms with E-state index >= 15 is 0 Å². The van der Waals surface area contributed by atoms with E-state index in [1.54, 1.807) is 30.6 Å². The molecule has 0 saturated heterocycles. The highest BCUT2D eigenvalue weighted by Gasteiger charge is 2.04. The van der Waals surface area contributed by atoms with E-state index in [-0.39, 0.29) is 5.56 Å². The molecule has 0 spiro atoms. The minimum Gasteiger partial charge on any atom is -0.377 e. The molecular weight excluding hydrogens is 276 g/mol. The number of halogens is 1. The van der Waals surface area contributed by atoms with Gasteiger partial charge in [-0.2, -0.15) is 0 Å². The summed E-state index contributed by atoms with van der Waals surface area (Å²) >= 11 is 5.92. The molecule has 5 nitrogen and oxygen atoms in total. The third kappa shape index (κ3) is 2.62. The molecule has 20 heavy (non-hydrogen) atoms. The fourth-order valence-corrected chi connectivity index (χ4v) is 2.06. The number of hydrogen-bond donors (Lipinski definition) is 2. The molecule has 3 aromatic rings. The van der Waals surface area contributed by atoms with Crippen LogP contribution in [-0.4, -0.2) is 15.0 Å². The van der Waals surface area contributed by atoms with Crippen LogP contribution in [0.15, 0.2) is 47.5 Å². The third-order valence-electron chi connectivity index (χ3n) is 2.84. The second kappa shape index (κ2) is 5.30. The number of hydrogen-bond acceptors (Lipinski definition) is 4. The Bertz CT molecular complexity index is 801. The Labute approximate surface area is 119 Å². The lowest BCUT2D eigenvalue weighted by molar-refractivity contribution is 0.952. The summed E-state index contributed by atoms with van der Waals surface area (Å²) in [6.45, 7) is 0.406. The smallest absolute Gasteiger partial charge is 0.258 e. The van der Waals surface area contributed by atoms with Gasteiger partial charge in [0.05, 0.1) is 23.1 Å². The molecule has 0 fully saturated rings. The second-order valence-electron chi connectivity index (χ2n) is 4.27. The summed E-state index contributed by atoms with van der Waals surface area (Å²) in [5.41, 5.74) is 1.28. The molecular formula is C14H11ClN4O. The number of benzene rings is 1. The van der Waals surface area contributed by atoms with Crippen LogP contribution < -0.4 is 10.9 Å². The van der Waals surface area contributed by atoms with Crippen LogP contribution in [0.3, 0.4) is 0 Å². The fraction of sp³-hybridized carbons (Fsp3) is 0.0714. The Hall–Kier alpha value is -2.40. The highest BCUT2D eigenvalue weighted by atomic mass is 35.5. The van der Waals surface area contributed by atoms with Crippen molar-refractivity contribution in [2.75, 3.05) is 5.32 Å². The van der Waals surface area contributed by atoms with Crippen LogP contribution in [-0.2, 0) is 6.54 Å². The van der Waals surface area contributed by atoms with Gasteiger partial charge < -0.3 is 10.3 Å². The number of fused-ring (bicyclic) bond motifs is 1. The number of anilines is 1. The van der Waals surface area contributed by atoms with E-state index in [1.807, 2.05) is 12.1 Å². The molecule has 0 aliphatic heterocycles. The number of aromatic amines is 1. The van der Waals surface area contributed by atoms with Gasteiger partial charge in [-0.3, -0.25) is 9.78 Å². The van der Waals surface area contributed by atoms with Crippen molar-refractivity contribution in [2.45, 2.75) is 6.54 Å². The van der Waals surface area contributed by atoms with Crippen molar-refractivity contribution in [3.05, 3.63) is 63.9 Å². The van der Waals surface area contributed by atoms with Gasteiger partial charge in [-0.1, -0.05) is 11.6 Å². The van der Waals surface area contributed by atoms with Crippen molar-refractivity contribution in [2.24, 2.45) is 0 Å². The molecule has 2 heterocycles. The van der Waals surface area contributed by atoms with Gasteiger partial charge in [0.15, 0.2) is 0 Å². The Morgan fingerprint density at radius 2 is 2.20 bits per heavy atom. The summed E-state index contributed by atoms with van der Waals surface area (Å²) in [4.78, 5) is 23.1. The van der Waals surface area contributed by atoms with Crippen molar-refractivity contribution in [1.82, 2.24) is 15.0 Å². The van der Waals surface area contributed by atoms with Gasteiger partial charge in [0, 0.05) is 17.4 Å². The average Bonchev–Trinajstić information content (AvgIpc) is 2.46. The number of H-pyrrole nitrogens is 1. The molecule has 1 aromatic carbocycles. The Morgan fingerprint density at radius 1 is 1.30 bits per heavy atom. The minimum atomic E-state index is -0.172. The van der Waals surface area contributed by atoms with Crippen LogP contribution in [0.5, 0.6) is 0 Å². The average molecular weight is 287 g/mol. The summed E-state index contributed by atoms with van der Waals surface area (Å²) in [6.07, 6.45) is 3.40. The second-order valence-corrected chi connectivity index (χ2v) is 4.71. The standard InChI is InChI=1S/C14H11ClN4O/c15-9-3-4-11-12(6-9)18-13(19-14(11)20)8-17-10-2-1-5-16-7-10/h1-7,17H,8H2,(H,18,19,20). The first-order chi connectivity index (χ1) is 9.72. The Morgan fingerprint density at radius 3 is 3.00 bits per heavy atom. The Balaban J connectivity index is 1.90. The number of rotatable bonds is 3. The van der Waals surface area contributed by atoms with Gasteiger partial charge in [0.1, 0.15) is 5.82 Å². The van der Waals surface area contributed by atoms with E-state index in [4.69, 9.17) is 11.6 Å². The van der Waals surface area contributed by atoms with Crippen LogP contribution in [0.1, 0.15) is 5.82 Å². The SMILES string of the molecule is O=c1[nH]c(CNc2cccnc2)nc2cc(Cl)ccc12. The predicted octanol–water partition coefficient (Wildman–Crippen LogP) is 2.58. The zero-order valence-corrected chi connectivity index (χ0v) is 11.2. The predicted molar refractivity (Wildman–Crippen MR) is 78.9 cm³/mol. The molecule has 0 atom stereocenters. The van der Waals surface area contributed by atoms with Crippen LogP contribution in [0.4, 0.5) is 5.69 Å². The van der Waals surface area contributed by atoms with Crippen molar-refractivity contribution in [3.63, 3.8) is 0 Å². The normalized spacial score (nSPS) is 10.7. The molecule has 0 amide bonds. The highest BCUT2D eigenvalue weighted by molar-refractivity contribution is 6.31. The lowest BCUT2D eigenvalue weighted by Crippen LogP contribution is -2.14. The molecule has 0 saturated carbocycles. The lowest BCUT2D eigenvalue weighted by atomic mass is 10.2. The van der Waals surface area contributed by atoms with Crippen molar-refractivity contribution < 1.29 is 0 Å². The van der Waals surface area contributed by atoms with Crippen LogP contribution >= 0.6 is 11.6 Å². The van der Waals surface area contributed by atoms with E-state index in [1.165, 1.54) is 0 Å². The zero-order chi connectivity index (χ0) is 13.9. The fourth-order valence-electron chi connectivity index (χ4n) is 1.90. The van der Waals surface area contributed by atoms with Gasteiger partial charge in [0.2, 0.25) is 0 Å². The first-order valence-electron chi connectivity index (χ1n) is 6.05. The first-order valence-corrected chi connectivity index (χ1v) is 6.42. The maximum atomic E-state index is 11.9. The van der Waals surface area contributed by atoms with E-state index in [0.29, 0.717) is 28.3 Å². The van der Waals surface area contributed by atoms with Gasteiger partial charge in [-0.05, 0) is 30.3 Å². The molecule has 0 unspecified atom stereocenters. The summed E-state index contributed by atoms with van der Waals surface area (Å²) in [5.74, 6) is 0.550. The highest BCUT2D eigenvalue weighted by Crippen LogP contribution is 2.14. The van der Waals surface area contributed by atoms with Crippen molar-refractivity contribution in [1.29, 1.82) is 0 Å². The summed E-state index contributed by atoms with van der Waals surface area (Å²) in [5, 5.41) is 4.22. The summed E-state index contributed by atoms with van der Waals surface area (Å²) in [6, 6.07) is 8.75. The maximum absolute atomic E-state index is 11.9. The van der Waals surface area contributed by atoms with E-state index in [9.17, 15) is 4.79 Å². The van der Waals surface area contributed by atoms with Crippen LogP contribution in [0.2, 0.25) is 5.02 Å². The van der Waals surface area contributed by atoms with Gasteiger partial charge in [-0.15, -0.1) is 0 Å². The number of nitrogens with zero attached hydrogens (tertiary/aromatic N) is 2. The number of nitrogens with one attached hydrogen (secondary N) is 2.